The standard InChI is InChI=1S/C20H25N5O2/c1-2-27-18-12-17(22-13-23-18)24-15-7-10-25(11-8-15)20(26)16-6-5-14-4-3-9-21-19(14)16/h3-4,9,12-13,15-16H,2,5-8,10-11H2,1H3,(H,22,23,24). The van der Waals surface area contributed by atoms with Gasteiger partial charge in [-0.1, -0.05) is 6.07 Å². The zero-order valence-electron chi connectivity index (χ0n) is 15.6. The van der Waals surface area contributed by atoms with Gasteiger partial charge in [-0.2, -0.15) is 0 Å². The minimum atomic E-state index is -0.0682. The Balaban J connectivity index is 1.33. The summed E-state index contributed by atoms with van der Waals surface area (Å²) in [6.45, 7) is 4.04. The molecule has 0 saturated carbocycles. The Labute approximate surface area is 159 Å². The van der Waals surface area contributed by atoms with Crippen LogP contribution in [0.4, 0.5) is 5.82 Å². The number of nitrogens with one attached hydrogen (secondary N) is 1. The van der Waals surface area contributed by atoms with Gasteiger partial charge in [-0.25, -0.2) is 9.97 Å². The fourth-order valence-electron chi connectivity index (χ4n) is 3.97. The Kier molecular flexibility index (Phi) is 5.18. The van der Waals surface area contributed by atoms with E-state index in [0.717, 1.165) is 50.3 Å². The van der Waals surface area contributed by atoms with Gasteiger partial charge < -0.3 is 15.0 Å². The van der Waals surface area contributed by atoms with Crippen LogP contribution >= 0.6 is 0 Å². The number of carbonyl (C=O) groups is 1. The molecule has 142 valence electrons. The lowest BCUT2D eigenvalue weighted by molar-refractivity contribution is -0.133. The largest absolute Gasteiger partial charge is 0.478 e. The number of anilines is 1. The topological polar surface area (TPSA) is 80.2 Å². The number of fused-ring (bicyclic) bond motifs is 1. The molecule has 1 atom stereocenters. The molecular weight excluding hydrogens is 342 g/mol. The maximum absolute atomic E-state index is 13.0. The average molecular weight is 367 g/mol. The van der Waals surface area contributed by atoms with Gasteiger partial charge in [0.25, 0.3) is 0 Å². The van der Waals surface area contributed by atoms with Crippen LogP contribution in [0.3, 0.4) is 0 Å². The number of aryl methyl sites for hydroxylation is 1. The van der Waals surface area contributed by atoms with Gasteiger partial charge in [-0.15, -0.1) is 0 Å². The first kappa shape index (κ1) is 17.7. The molecule has 2 aromatic heterocycles. The van der Waals surface area contributed by atoms with Gasteiger partial charge in [0.2, 0.25) is 11.8 Å². The van der Waals surface area contributed by atoms with Crippen LogP contribution in [0, 0.1) is 0 Å². The minimum absolute atomic E-state index is 0.0682. The quantitative estimate of drug-likeness (QED) is 0.874. The van der Waals surface area contributed by atoms with E-state index in [-0.39, 0.29) is 11.8 Å². The number of pyridine rings is 1. The molecule has 0 radical (unpaired) electrons. The molecule has 2 aliphatic rings. The van der Waals surface area contributed by atoms with Gasteiger partial charge in [0.05, 0.1) is 18.2 Å². The lowest BCUT2D eigenvalue weighted by Crippen LogP contribution is -2.44. The third-order valence-electron chi connectivity index (χ3n) is 5.35. The number of amides is 1. The maximum atomic E-state index is 13.0. The van der Waals surface area contributed by atoms with Gasteiger partial charge >= 0.3 is 0 Å². The molecule has 0 aromatic carbocycles. The molecule has 3 heterocycles. The second kappa shape index (κ2) is 7.90. The highest BCUT2D eigenvalue weighted by Gasteiger charge is 2.34. The third kappa shape index (κ3) is 3.86. The third-order valence-corrected chi connectivity index (χ3v) is 5.35. The van der Waals surface area contributed by atoms with E-state index < -0.39 is 0 Å². The highest BCUT2D eigenvalue weighted by Crippen LogP contribution is 2.33. The van der Waals surface area contributed by atoms with Crippen LogP contribution in [0.2, 0.25) is 0 Å². The molecule has 1 fully saturated rings. The Morgan fingerprint density at radius 1 is 1.26 bits per heavy atom. The van der Waals surface area contributed by atoms with E-state index in [1.54, 1.807) is 6.20 Å². The van der Waals surface area contributed by atoms with Gasteiger partial charge in [0, 0.05) is 31.4 Å². The molecule has 1 N–H and O–H groups in total. The van der Waals surface area contributed by atoms with Crippen molar-refractivity contribution in [3.8, 4) is 5.88 Å². The molecule has 1 aliphatic carbocycles. The van der Waals surface area contributed by atoms with Gasteiger partial charge in [0.1, 0.15) is 12.1 Å². The molecule has 1 unspecified atom stereocenters. The SMILES string of the molecule is CCOc1cc(NC2CCN(C(=O)C3CCc4cccnc43)CC2)ncn1. The maximum Gasteiger partial charge on any atom is 0.231 e. The molecule has 1 aliphatic heterocycles. The molecule has 27 heavy (non-hydrogen) atoms. The number of likely N-dealkylation sites (tertiary alicyclic amines) is 1. The van der Waals surface area contributed by atoms with E-state index in [2.05, 4.69) is 26.3 Å². The van der Waals surface area contributed by atoms with Crippen molar-refractivity contribution in [3.63, 3.8) is 0 Å². The summed E-state index contributed by atoms with van der Waals surface area (Å²) in [7, 11) is 0. The summed E-state index contributed by atoms with van der Waals surface area (Å²) in [6.07, 6.45) is 6.94. The number of aromatic nitrogens is 3. The molecule has 7 nitrogen and oxygen atoms in total. The molecule has 0 spiro atoms. The second-order valence-electron chi connectivity index (χ2n) is 7.06. The fourth-order valence-corrected chi connectivity index (χ4v) is 3.97. The van der Waals surface area contributed by atoms with Crippen molar-refractivity contribution in [2.75, 3.05) is 25.0 Å². The first-order valence-corrected chi connectivity index (χ1v) is 9.68. The van der Waals surface area contributed by atoms with Gasteiger partial charge in [-0.3, -0.25) is 9.78 Å². The van der Waals surface area contributed by atoms with E-state index in [0.29, 0.717) is 18.5 Å². The highest BCUT2D eigenvalue weighted by atomic mass is 16.5. The van der Waals surface area contributed by atoms with Crippen LogP contribution in [-0.2, 0) is 11.2 Å². The monoisotopic (exact) mass is 367 g/mol. The normalized spacial score (nSPS) is 19.6. The van der Waals surface area contributed by atoms with E-state index in [4.69, 9.17) is 4.74 Å². The van der Waals surface area contributed by atoms with Crippen molar-refractivity contribution in [1.82, 2.24) is 19.9 Å². The van der Waals surface area contributed by atoms with Crippen LogP contribution < -0.4 is 10.1 Å². The van der Waals surface area contributed by atoms with E-state index in [9.17, 15) is 4.79 Å². The number of hydrogen-bond donors (Lipinski definition) is 1. The summed E-state index contributed by atoms with van der Waals surface area (Å²) in [5.41, 5.74) is 2.20. The molecule has 1 saturated heterocycles. The predicted octanol–water partition coefficient (Wildman–Crippen LogP) is 2.40. The number of carbonyl (C=O) groups excluding carboxylic acids is 1. The zero-order chi connectivity index (χ0) is 18.6. The van der Waals surface area contributed by atoms with E-state index in [1.165, 1.54) is 11.9 Å². The lowest BCUT2D eigenvalue weighted by Gasteiger charge is -2.34. The Bertz CT molecular complexity index is 804. The molecule has 7 heteroatoms. The van der Waals surface area contributed by atoms with Crippen LogP contribution in [0.1, 0.15) is 43.4 Å². The molecule has 2 aromatic rings. The van der Waals surface area contributed by atoms with Gasteiger partial charge in [0.15, 0.2) is 0 Å². The summed E-state index contributed by atoms with van der Waals surface area (Å²) in [6, 6.07) is 6.16. The Morgan fingerprint density at radius 2 is 2.11 bits per heavy atom. The van der Waals surface area contributed by atoms with Crippen LogP contribution in [0.15, 0.2) is 30.7 Å². The summed E-state index contributed by atoms with van der Waals surface area (Å²) < 4.78 is 5.42. The zero-order valence-corrected chi connectivity index (χ0v) is 15.6. The number of nitrogens with zero attached hydrogens (tertiary/aromatic N) is 4. The van der Waals surface area contributed by atoms with E-state index >= 15 is 0 Å². The minimum Gasteiger partial charge on any atom is -0.478 e. The summed E-state index contributed by atoms with van der Waals surface area (Å²) in [5.74, 6) is 1.51. The van der Waals surface area contributed by atoms with Crippen molar-refractivity contribution in [1.29, 1.82) is 0 Å². The lowest BCUT2D eigenvalue weighted by atomic mass is 10.0. The molecule has 1 amide bonds. The number of hydrogen-bond acceptors (Lipinski definition) is 6. The smallest absolute Gasteiger partial charge is 0.231 e. The summed E-state index contributed by atoms with van der Waals surface area (Å²) in [5, 5.41) is 3.44. The highest BCUT2D eigenvalue weighted by molar-refractivity contribution is 5.84. The number of rotatable bonds is 5. The van der Waals surface area contributed by atoms with E-state index in [1.807, 2.05) is 24.0 Å². The average Bonchev–Trinajstić information content (AvgIpc) is 3.13. The predicted molar refractivity (Wildman–Crippen MR) is 102 cm³/mol. The number of piperidine rings is 1. The van der Waals surface area contributed by atoms with Crippen molar-refractivity contribution in [2.24, 2.45) is 0 Å². The molecular formula is C20H25N5O2. The van der Waals surface area contributed by atoms with Crippen molar-refractivity contribution in [2.45, 2.75) is 44.6 Å². The molecule has 4 rings (SSSR count). The molecule has 0 bridgehead atoms. The fraction of sp³-hybridized carbons (Fsp3) is 0.500. The van der Waals surface area contributed by atoms with Crippen LogP contribution in [0.25, 0.3) is 0 Å². The first-order valence-electron chi connectivity index (χ1n) is 9.68. The second-order valence-corrected chi connectivity index (χ2v) is 7.06. The van der Waals surface area contributed by atoms with Crippen molar-refractivity contribution < 1.29 is 9.53 Å². The summed E-state index contributed by atoms with van der Waals surface area (Å²) in [4.78, 5) is 27.8. The number of ether oxygens (including phenoxy) is 1. The summed E-state index contributed by atoms with van der Waals surface area (Å²) >= 11 is 0. The first-order chi connectivity index (χ1) is 13.2. The van der Waals surface area contributed by atoms with Crippen molar-refractivity contribution >= 4 is 11.7 Å². The van der Waals surface area contributed by atoms with Crippen LogP contribution in [-0.4, -0.2) is 51.5 Å². The van der Waals surface area contributed by atoms with Crippen LogP contribution in [0.5, 0.6) is 5.88 Å². The van der Waals surface area contributed by atoms with Gasteiger partial charge in [-0.05, 0) is 44.2 Å². The Morgan fingerprint density at radius 3 is 2.93 bits per heavy atom. The van der Waals surface area contributed by atoms with Crippen molar-refractivity contribution in [3.05, 3.63) is 42.0 Å². The Hall–Kier alpha value is -2.70.